The molecule has 18 heavy (non-hydrogen) atoms. The summed E-state index contributed by atoms with van der Waals surface area (Å²) in [5.74, 6) is 1.23. The molecule has 3 nitrogen and oxygen atoms in total. The molecule has 0 aliphatic carbocycles. The molecular weight excluding hydrogens is 250 g/mol. The van der Waals surface area contributed by atoms with Crippen LogP contribution in [0.3, 0.4) is 0 Å². The number of halogens is 1. The van der Waals surface area contributed by atoms with Gasteiger partial charge in [0.25, 0.3) is 0 Å². The largest absolute Gasteiger partial charge is 0.496 e. The van der Waals surface area contributed by atoms with Gasteiger partial charge in [-0.2, -0.15) is 0 Å². The summed E-state index contributed by atoms with van der Waals surface area (Å²) in [6, 6.07) is 5.52. The van der Waals surface area contributed by atoms with Crippen molar-refractivity contribution in [3.05, 3.63) is 28.8 Å². The number of carbonyl (C=O) groups excluding carboxylic acids is 1. The maximum absolute atomic E-state index is 11.6. The van der Waals surface area contributed by atoms with Crippen LogP contribution >= 0.6 is 11.6 Å². The lowest BCUT2D eigenvalue weighted by atomic mass is 9.85. The van der Waals surface area contributed by atoms with Gasteiger partial charge in [-0.3, -0.25) is 4.79 Å². The van der Waals surface area contributed by atoms with Crippen molar-refractivity contribution in [2.45, 2.75) is 26.2 Å². The van der Waals surface area contributed by atoms with E-state index in [9.17, 15) is 4.79 Å². The number of methoxy groups -OCH3 is 1. The van der Waals surface area contributed by atoms with Crippen molar-refractivity contribution in [2.24, 2.45) is 5.92 Å². The van der Waals surface area contributed by atoms with Crippen molar-refractivity contribution >= 4 is 17.5 Å². The van der Waals surface area contributed by atoms with Crippen molar-refractivity contribution in [3.63, 3.8) is 0 Å². The molecule has 0 heterocycles. The minimum absolute atomic E-state index is 0.0238. The molecule has 0 aliphatic rings. The summed E-state index contributed by atoms with van der Waals surface area (Å²) in [4.78, 5) is 11.6. The first kappa shape index (κ1) is 14.8. The highest BCUT2D eigenvalue weighted by Gasteiger charge is 2.22. The number of benzene rings is 1. The lowest BCUT2D eigenvalue weighted by molar-refractivity contribution is -0.121. The Hall–Kier alpha value is -1.22. The van der Waals surface area contributed by atoms with E-state index >= 15 is 0 Å². The number of rotatable bonds is 5. The fourth-order valence-electron chi connectivity index (χ4n) is 2.00. The summed E-state index contributed by atoms with van der Waals surface area (Å²) in [6.45, 7) is 4.18. The van der Waals surface area contributed by atoms with Crippen LogP contribution in [-0.4, -0.2) is 20.1 Å². The minimum Gasteiger partial charge on any atom is -0.496 e. The molecule has 4 heteroatoms. The van der Waals surface area contributed by atoms with Gasteiger partial charge in [0.2, 0.25) is 5.91 Å². The van der Waals surface area contributed by atoms with Crippen LogP contribution in [0.15, 0.2) is 18.2 Å². The van der Waals surface area contributed by atoms with Crippen LogP contribution in [0.2, 0.25) is 5.02 Å². The molecule has 0 aliphatic heterocycles. The lowest BCUT2D eigenvalue weighted by Crippen LogP contribution is -2.22. The molecule has 1 unspecified atom stereocenters. The average Bonchev–Trinajstić information content (AvgIpc) is 2.35. The number of amides is 1. The zero-order valence-electron chi connectivity index (χ0n) is 11.3. The van der Waals surface area contributed by atoms with Crippen LogP contribution in [0.1, 0.15) is 31.7 Å². The van der Waals surface area contributed by atoms with E-state index in [-0.39, 0.29) is 11.8 Å². The first-order chi connectivity index (χ1) is 8.49. The zero-order valence-corrected chi connectivity index (χ0v) is 12.0. The van der Waals surface area contributed by atoms with Crippen LogP contribution in [0.25, 0.3) is 0 Å². The Bertz CT molecular complexity index is 418. The molecule has 0 saturated carbocycles. The number of ether oxygens (including phenoxy) is 1. The quantitative estimate of drug-likeness (QED) is 0.891. The molecule has 1 aromatic rings. The number of carbonyl (C=O) groups is 1. The van der Waals surface area contributed by atoms with Crippen LogP contribution in [0.4, 0.5) is 0 Å². The Morgan fingerprint density at radius 1 is 1.44 bits per heavy atom. The fourth-order valence-corrected chi connectivity index (χ4v) is 2.18. The summed E-state index contributed by atoms with van der Waals surface area (Å²) >= 11 is 6.04. The standard InChI is InChI=1S/C14H20ClNO2/c1-9(2)11(8-14(17)16-3)12-7-10(15)5-6-13(12)18-4/h5-7,9,11H,8H2,1-4H3,(H,16,17). The van der Waals surface area contributed by atoms with Crippen LogP contribution in [0.5, 0.6) is 5.75 Å². The lowest BCUT2D eigenvalue weighted by Gasteiger charge is -2.23. The smallest absolute Gasteiger partial charge is 0.220 e. The Morgan fingerprint density at radius 2 is 2.11 bits per heavy atom. The predicted octanol–water partition coefficient (Wildman–Crippen LogP) is 3.22. The molecule has 0 aromatic heterocycles. The van der Waals surface area contributed by atoms with Crippen molar-refractivity contribution < 1.29 is 9.53 Å². The molecule has 100 valence electrons. The maximum atomic E-state index is 11.6. The number of nitrogens with one attached hydrogen (secondary N) is 1. The normalized spacial score (nSPS) is 12.3. The van der Waals surface area contributed by atoms with E-state index in [0.29, 0.717) is 17.4 Å². The van der Waals surface area contributed by atoms with E-state index in [1.165, 1.54) is 0 Å². The van der Waals surface area contributed by atoms with Gasteiger partial charge in [0.05, 0.1) is 7.11 Å². The molecule has 1 aromatic carbocycles. The topological polar surface area (TPSA) is 38.3 Å². The molecule has 0 bridgehead atoms. The van der Waals surface area contributed by atoms with Gasteiger partial charge in [-0.1, -0.05) is 25.4 Å². The average molecular weight is 270 g/mol. The predicted molar refractivity (Wildman–Crippen MR) is 74.3 cm³/mol. The minimum atomic E-state index is 0.0238. The Labute approximate surface area is 113 Å². The summed E-state index contributed by atoms with van der Waals surface area (Å²) in [6.07, 6.45) is 0.435. The third kappa shape index (κ3) is 3.64. The number of hydrogen-bond donors (Lipinski definition) is 1. The van der Waals surface area contributed by atoms with Crippen LogP contribution in [0, 0.1) is 5.92 Å². The molecule has 1 rings (SSSR count). The highest BCUT2D eigenvalue weighted by atomic mass is 35.5. The van der Waals surface area contributed by atoms with Gasteiger partial charge in [0, 0.05) is 18.5 Å². The summed E-state index contributed by atoms with van der Waals surface area (Å²) < 4.78 is 5.36. The zero-order chi connectivity index (χ0) is 13.7. The third-order valence-electron chi connectivity index (χ3n) is 3.08. The van der Waals surface area contributed by atoms with E-state index < -0.39 is 0 Å². The molecule has 1 amide bonds. The second-order valence-electron chi connectivity index (χ2n) is 4.61. The van der Waals surface area contributed by atoms with Crippen molar-refractivity contribution in [3.8, 4) is 5.75 Å². The van der Waals surface area contributed by atoms with Gasteiger partial charge in [-0.15, -0.1) is 0 Å². The van der Waals surface area contributed by atoms with E-state index in [1.807, 2.05) is 12.1 Å². The molecule has 1 atom stereocenters. The van der Waals surface area contributed by atoms with Gasteiger partial charge in [0.15, 0.2) is 0 Å². The molecular formula is C14H20ClNO2. The molecule has 0 fully saturated rings. The molecule has 1 N–H and O–H groups in total. The monoisotopic (exact) mass is 269 g/mol. The maximum Gasteiger partial charge on any atom is 0.220 e. The first-order valence-electron chi connectivity index (χ1n) is 6.03. The van der Waals surface area contributed by atoms with Gasteiger partial charge in [0.1, 0.15) is 5.75 Å². The van der Waals surface area contributed by atoms with E-state index in [2.05, 4.69) is 19.2 Å². The molecule has 0 radical (unpaired) electrons. The van der Waals surface area contributed by atoms with E-state index in [4.69, 9.17) is 16.3 Å². The Morgan fingerprint density at radius 3 is 2.61 bits per heavy atom. The van der Waals surface area contributed by atoms with Gasteiger partial charge < -0.3 is 10.1 Å². The summed E-state index contributed by atoms with van der Waals surface area (Å²) in [5, 5.41) is 3.32. The van der Waals surface area contributed by atoms with E-state index in [1.54, 1.807) is 20.2 Å². The second-order valence-corrected chi connectivity index (χ2v) is 5.05. The van der Waals surface area contributed by atoms with Gasteiger partial charge >= 0.3 is 0 Å². The SMILES string of the molecule is CNC(=O)CC(c1cc(Cl)ccc1OC)C(C)C. The second kappa shape index (κ2) is 6.64. The van der Waals surface area contributed by atoms with Gasteiger partial charge in [-0.05, 0) is 35.6 Å². The highest BCUT2D eigenvalue weighted by molar-refractivity contribution is 6.30. The van der Waals surface area contributed by atoms with E-state index in [0.717, 1.165) is 11.3 Å². The Kier molecular flexibility index (Phi) is 5.48. The summed E-state index contributed by atoms with van der Waals surface area (Å²) in [7, 11) is 3.28. The number of hydrogen-bond acceptors (Lipinski definition) is 2. The van der Waals surface area contributed by atoms with Crippen molar-refractivity contribution in [2.75, 3.05) is 14.2 Å². The third-order valence-corrected chi connectivity index (χ3v) is 3.32. The summed E-state index contributed by atoms with van der Waals surface area (Å²) in [5.41, 5.74) is 0.989. The molecule has 0 spiro atoms. The Balaban J connectivity index is 3.12. The van der Waals surface area contributed by atoms with Crippen molar-refractivity contribution in [1.82, 2.24) is 5.32 Å². The van der Waals surface area contributed by atoms with Crippen LogP contribution < -0.4 is 10.1 Å². The van der Waals surface area contributed by atoms with Crippen LogP contribution in [-0.2, 0) is 4.79 Å². The van der Waals surface area contributed by atoms with Crippen molar-refractivity contribution in [1.29, 1.82) is 0 Å². The van der Waals surface area contributed by atoms with Gasteiger partial charge in [-0.25, -0.2) is 0 Å². The first-order valence-corrected chi connectivity index (χ1v) is 6.41. The molecule has 0 saturated heterocycles. The fraction of sp³-hybridized carbons (Fsp3) is 0.500. The highest BCUT2D eigenvalue weighted by Crippen LogP contribution is 2.36.